The molecule has 0 radical (unpaired) electrons. The number of aromatic nitrogens is 1. The maximum atomic E-state index is 12.5. The molecule has 2 saturated heterocycles. The van der Waals surface area contributed by atoms with Gasteiger partial charge in [0.15, 0.2) is 6.39 Å². The predicted molar refractivity (Wildman–Crippen MR) is 88.8 cm³/mol. The fourth-order valence-electron chi connectivity index (χ4n) is 4.07. The van der Waals surface area contributed by atoms with Crippen LogP contribution in [-0.2, 0) is 4.74 Å². The molecule has 0 bridgehead atoms. The van der Waals surface area contributed by atoms with E-state index in [9.17, 15) is 4.79 Å². The summed E-state index contributed by atoms with van der Waals surface area (Å²) in [5.41, 5.74) is 0.791. The standard InChI is InChI=1S/C18H27N3O3/c1-13-16(24-12-19-13)17(22)21-10-18(11-21)7-15(5-6-20(18)2)9-23-8-14-3-4-14/h12,14-15H,3-11H2,1-2H3. The van der Waals surface area contributed by atoms with Crippen LogP contribution >= 0.6 is 0 Å². The molecule has 1 spiro atoms. The van der Waals surface area contributed by atoms with Crippen molar-refractivity contribution in [2.45, 2.75) is 38.1 Å². The third-order valence-corrected chi connectivity index (χ3v) is 5.95. The van der Waals surface area contributed by atoms with Crippen molar-refractivity contribution in [1.82, 2.24) is 14.8 Å². The van der Waals surface area contributed by atoms with Gasteiger partial charge >= 0.3 is 0 Å². The zero-order valence-electron chi connectivity index (χ0n) is 14.7. The second kappa shape index (κ2) is 6.15. The summed E-state index contributed by atoms with van der Waals surface area (Å²) in [7, 11) is 2.18. The number of ether oxygens (including phenoxy) is 1. The van der Waals surface area contributed by atoms with E-state index >= 15 is 0 Å². The van der Waals surface area contributed by atoms with E-state index in [1.54, 1.807) is 0 Å². The molecular weight excluding hydrogens is 306 g/mol. The normalized spacial score (nSPS) is 26.6. The molecule has 3 fully saturated rings. The Balaban J connectivity index is 1.33. The van der Waals surface area contributed by atoms with Gasteiger partial charge in [-0.3, -0.25) is 9.69 Å². The number of likely N-dealkylation sites (N-methyl/N-ethyl adjacent to an activating group) is 1. The summed E-state index contributed by atoms with van der Waals surface area (Å²) in [5.74, 6) is 1.79. The number of aryl methyl sites for hydroxylation is 1. The van der Waals surface area contributed by atoms with E-state index in [0.29, 0.717) is 17.4 Å². The van der Waals surface area contributed by atoms with Crippen LogP contribution in [0.3, 0.4) is 0 Å². The lowest BCUT2D eigenvalue weighted by molar-refractivity contribution is -0.0768. The van der Waals surface area contributed by atoms with Gasteiger partial charge in [-0.05, 0) is 58.0 Å². The van der Waals surface area contributed by atoms with Crippen molar-refractivity contribution in [3.8, 4) is 0 Å². The highest BCUT2D eigenvalue weighted by Crippen LogP contribution is 2.39. The molecule has 6 nitrogen and oxygen atoms in total. The Morgan fingerprint density at radius 3 is 2.75 bits per heavy atom. The number of carbonyl (C=O) groups excluding carboxylic acids is 1. The minimum atomic E-state index is -0.0314. The molecule has 1 atom stereocenters. The summed E-state index contributed by atoms with van der Waals surface area (Å²) in [6.45, 7) is 6.27. The number of likely N-dealkylation sites (tertiary alicyclic amines) is 2. The van der Waals surface area contributed by atoms with Crippen LogP contribution in [0.15, 0.2) is 10.8 Å². The third-order valence-electron chi connectivity index (χ3n) is 5.95. The monoisotopic (exact) mass is 333 g/mol. The first-order valence-corrected chi connectivity index (χ1v) is 9.06. The number of nitrogens with zero attached hydrogens (tertiary/aromatic N) is 3. The fourth-order valence-corrected chi connectivity index (χ4v) is 4.07. The van der Waals surface area contributed by atoms with Gasteiger partial charge in [0.2, 0.25) is 5.76 Å². The molecule has 24 heavy (non-hydrogen) atoms. The molecular formula is C18H27N3O3. The highest BCUT2D eigenvalue weighted by Gasteiger charge is 2.51. The SMILES string of the molecule is Cc1ncoc1C(=O)N1CC2(CC(COCC3CC3)CCN2C)C1. The molecule has 1 aromatic rings. The minimum absolute atomic E-state index is 0.0314. The van der Waals surface area contributed by atoms with Crippen molar-refractivity contribution < 1.29 is 13.9 Å². The zero-order chi connectivity index (χ0) is 16.7. The number of hydrogen-bond donors (Lipinski definition) is 0. The van der Waals surface area contributed by atoms with E-state index in [0.717, 1.165) is 45.2 Å². The van der Waals surface area contributed by atoms with Crippen molar-refractivity contribution in [3.63, 3.8) is 0 Å². The van der Waals surface area contributed by atoms with E-state index in [1.807, 2.05) is 11.8 Å². The summed E-state index contributed by atoms with van der Waals surface area (Å²) in [5, 5.41) is 0. The minimum Gasteiger partial charge on any atom is -0.438 e. The van der Waals surface area contributed by atoms with Gasteiger partial charge in [-0.25, -0.2) is 4.98 Å². The highest BCUT2D eigenvalue weighted by molar-refractivity contribution is 5.93. The van der Waals surface area contributed by atoms with Gasteiger partial charge < -0.3 is 14.1 Å². The van der Waals surface area contributed by atoms with Crippen molar-refractivity contribution in [1.29, 1.82) is 0 Å². The summed E-state index contributed by atoms with van der Waals surface area (Å²) in [6, 6.07) is 0. The fraction of sp³-hybridized carbons (Fsp3) is 0.778. The Kier molecular flexibility index (Phi) is 4.12. The molecule has 1 aliphatic carbocycles. The average Bonchev–Trinajstić information content (AvgIpc) is 3.25. The van der Waals surface area contributed by atoms with Gasteiger partial charge in [0.05, 0.1) is 11.2 Å². The van der Waals surface area contributed by atoms with Gasteiger partial charge in [0.25, 0.3) is 5.91 Å². The Labute approximate surface area is 143 Å². The van der Waals surface area contributed by atoms with Gasteiger partial charge in [-0.15, -0.1) is 0 Å². The van der Waals surface area contributed by atoms with Crippen molar-refractivity contribution >= 4 is 5.91 Å². The number of amides is 1. The number of hydrogen-bond acceptors (Lipinski definition) is 5. The Bertz CT molecular complexity index is 604. The topological polar surface area (TPSA) is 58.8 Å². The summed E-state index contributed by atoms with van der Waals surface area (Å²) in [6.07, 6.45) is 6.34. The number of carbonyl (C=O) groups is 1. The molecule has 3 aliphatic rings. The quantitative estimate of drug-likeness (QED) is 0.824. The van der Waals surface area contributed by atoms with E-state index in [2.05, 4.69) is 16.9 Å². The van der Waals surface area contributed by atoms with Crippen LogP contribution in [0.1, 0.15) is 41.9 Å². The zero-order valence-corrected chi connectivity index (χ0v) is 14.7. The molecule has 4 rings (SSSR count). The largest absolute Gasteiger partial charge is 0.438 e. The van der Waals surface area contributed by atoms with Crippen LogP contribution in [0, 0.1) is 18.8 Å². The average molecular weight is 333 g/mol. The second-order valence-corrected chi connectivity index (χ2v) is 7.91. The van der Waals surface area contributed by atoms with Crippen LogP contribution in [0.4, 0.5) is 0 Å². The molecule has 0 aromatic carbocycles. The highest BCUT2D eigenvalue weighted by atomic mass is 16.5. The first-order chi connectivity index (χ1) is 11.6. The summed E-state index contributed by atoms with van der Waals surface area (Å²) >= 11 is 0. The van der Waals surface area contributed by atoms with Gasteiger partial charge in [0.1, 0.15) is 0 Å². The van der Waals surface area contributed by atoms with Crippen LogP contribution in [0.25, 0.3) is 0 Å². The second-order valence-electron chi connectivity index (χ2n) is 7.91. The van der Waals surface area contributed by atoms with Crippen molar-refractivity contribution in [2.75, 3.05) is 39.9 Å². The number of oxazole rings is 1. The molecule has 2 aliphatic heterocycles. The molecule has 0 N–H and O–H groups in total. The smallest absolute Gasteiger partial charge is 0.291 e. The van der Waals surface area contributed by atoms with Gasteiger partial charge in [0, 0.05) is 26.3 Å². The molecule has 3 heterocycles. The Morgan fingerprint density at radius 2 is 2.08 bits per heavy atom. The van der Waals surface area contributed by atoms with Crippen LogP contribution < -0.4 is 0 Å². The lowest BCUT2D eigenvalue weighted by Crippen LogP contribution is -2.72. The first kappa shape index (κ1) is 16.1. The van der Waals surface area contributed by atoms with Crippen LogP contribution in [0.2, 0.25) is 0 Å². The molecule has 1 saturated carbocycles. The van der Waals surface area contributed by atoms with Gasteiger partial charge in [-0.2, -0.15) is 0 Å². The van der Waals surface area contributed by atoms with E-state index in [4.69, 9.17) is 9.15 Å². The van der Waals surface area contributed by atoms with E-state index < -0.39 is 0 Å². The maximum Gasteiger partial charge on any atom is 0.291 e. The van der Waals surface area contributed by atoms with Crippen molar-refractivity contribution in [2.24, 2.45) is 11.8 Å². The summed E-state index contributed by atoms with van der Waals surface area (Å²) in [4.78, 5) is 20.9. The van der Waals surface area contributed by atoms with Crippen LogP contribution in [0.5, 0.6) is 0 Å². The number of rotatable bonds is 5. The predicted octanol–water partition coefficient (Wildman–Crippen LogP) is 1.95. The molecule has 1 unspecified atom stereocenters. The Hall–Kier alpha value is -1.40. The molecule has 6 heteroatoms. The lowest BCUT2D eigenvalue weighted by atomic mass is 9.75. The van der Waals surface area contributed by atoms with Crippen LogP contribution in [-0.4, -0.2) is 66.1 Å². The molecule has 1 amide bonds. The lowest BCUT2D eigenvalue weighted by Gasteiger charge is -2.58. The van der Waals surface area contributed by atoms with Gasteiger partial charge in [-0.1, -0.05) is 0 Å². The van der Waals surface area contributed by atoms with E-state index in [-0.39, 0.29) is 11.4 Å². The molecule has 132 valence electrons. The van der Waals surface area contributed by atoms with Crippen molar-refractivity contribution in [3.05, 3.63) is 17.8 Å². The Morgan fingerprint density at radius 1 is 1.33 bits per heavy atom. The van der Waals surface area contributed by atoms with E-state index in [1.165, 1.54) is 25.7 Å². The first-order valence-electron chi connectivity index (χ1n) is 9.06. The molecule has 1 aromatic heterocycles. The third kappa shape index (κ3) is 2.97. The summed E-state index contributed by atoms with van der Waals surface area (Å²) < 4.78 is 11.2. The maximum absolute atomic E-state index is 12.5. The number of piperidine rings is 1.